The number of benzene rings is 1. The van der Waals surface area contributed by atoms with Gasteiger partial charge in [0.05, 0.1) is 17.1 Å². The lowest BCUT2D eigenvalue weighted by Gasteiger charge is -2.33. The average Bonchev–Trinajstić information content (AvgIpc) is 2.79. The highest BCUT2D eigenvalue weighted by Crippen LogP contribution is 2.28. The summed E-state index contributed by atoms with van der Waals surface area (Å²) in [6.07, 6.45) is 4.52. The number of ether oxygens (including phenoxy) is 1. The molecule has 0 aliphatic carbocycles. The monoisotopic (exact) mass is 455 g/mol. The summed E-state index contributed by atoms with van der Waals surface area (Å²) >= 11 is 1.44. The lowest BCUT2D eigenvalue weighted by molar-refractivity contribution is 0.0720. The molecule has 0 atom stereocenters. The van der Waals surface area contributed by atoms with E-state index in [4.69, 9.17) is 4.74 Å². The Morgan fingerprint density at radius 2 is 1.67 bits per heavy atom. The van der Waals surface area contributed by atoms with E-state index in [9.17, 15) is 18.0 Å². The molecule has 10 heteroatoms. The fraction of sp³-hybridized carbons (Fsp3) is 0.600. The van der Waals surface area contributed by atoms with Crippen LogP contribution >= 0.6 is 11.8 Å². The van der Waals surface area contributed by atoms with E-state index in [1.807, 2.05) is 11.2 Å². The van der Waals surface area contributed by atoms with Crippen molar-refractivity contribution in [2.75, 3.05) is 52.1 Å². The van der Waals surface area contributed by atoms with E-state index in [2.05, 4.69) is 0 Å². The normalized spacial score (nSPS) is 18.3. The maximum atomic E-state index is 13.2. The molecule has 2 saturated heterocycles. The van der Waals surface area contributed by atoms with Gasteiger partial charge in [-0.3, -0.25) is 4.79 Å². The molecule has 0 radical (unpaired) electrons. The first-order chi connectivity index (χ1) is 14.4. The maximum absolute atomic E-state index is 13.2. The van der Waals surface area contributed by atoms with Crippen molar-refractivity contribution in [3.8, 4) is 0 Å². The van der Waals surface area contributed by atoms with Crippen LogP contribution in [0.4, 0.5) is 4.79 Å². The highest BCUT2D eigenvalue weighted by Gasteiger charge is 2.32. The van der Waals surface area contributed by atoms with Gasteiger partial charge >= 0.3 is 6.09 Å². The van der Waals surface area contributed by atoms with Crippen molar-refractivity contribution in [2.45, 2.75) is 36.0 Å². The number of sulfonamides is 1. The fourth-order valence-corrected chi connectivity index (χ4v) is 5.78. The number of amides is 2. The lowest BCUT2D eigenvalue weighted by atomic mass is 10.1. The van der Waals surface area contributed by atoms with Gasteiger partial charge in [-0.1, -0.05) is 0 Å². The Balaban J connectivity index is 1.79. The molecule has 166 valence electrons. The van der Waals surface area contributed by atoms with E-state index in [1.165, 1.54) is 27.0 Å². The Labute approximate surface area is 182 Å². The average molecular weight is 456 g/mol. The zero-order valence-electron chi connectivity index (χ0n) is 17.5. The number of carbonyl (C=O) groups excluding carboxylic acids is 2. The van der Waals surface area contributed by atoms with E-state index in [0.717, 1.165) is 24.2 Å². The minimum Gasteiger partial charge on any atom is -0.450 e. The molecule has 2 fully saturated rings. The van der Waals surface area contributed by atoms with Gasteiger partial charge in [0.25, 0.3) is 5.91 Å². The molecule has 0 aromatic heterocycles. The van der Waals surface area contributed by atoms with Crippen molar-refractivity contribution in [3.05, 3.63) is 23.8 Å². The smallest absolute Gasteiger partial charge is 0.409 e. The number of thioether (sulfide) groups is 1. The minimum atomic E-state index is -3.76. The van der Waals surface area contributed by atoms with Crippen LogP contribution in [0.15, 0.2) is 28.0 Å². The first-order valence-electron chi connectivity index (χ1n) is 10.3. The number of carbonyl (C=O) groups is 2. The van der Waals surface area contributed by atoms with Crippen LogP contribution in [0, 0.1) is 0 Å². The van der Waals surface area contributed by atoms with Crippen LogP contribution in [0.1, 0.15) is 36.5 Å². The number of rotatable bonds is 5. The van der Waals surface area contributed by atoms with Crippen LogP contribution in [0.25, 0.3) is 0 Å². The van der Waals surface area contributed by atoms with Crippen LogP contribution in [-0.2, 0) is 14.8 Å². The molecule has 1 aromatic rings. The second kappa shape index (κ2) is 10.0. The summed E-state index contributed by atoms with van der Waals surface area (Å²) in [5.41, 5.74) is 0.440. The Morgan fingerprint density at radius 3 is 2.27 bits per heavy atom. The molecule has 0 saturated carbocycles. The van der Waals surface area contributed by atoms with Crippen molar-refractivity contribution >= 4 is 33.8 Å². The predicted molar refractivity (Wildman–Crippen MR) is 115 cm³/mol. The first-order valence-corrected chi connectivity index (χ1v) is 12.9. The van der Waals surface area contributed by atoms with Gasteiger partial charge in [-0.2, -0.15) is 4.31 Å². The van der Waals surface area contributed by atoms with E-state index < -0.39 is 16.1 Å². The van der Waals surface area contributed by atoms with Gasteiger partial charge < -0.3 is 14.5 Å². The van der Waals surface area contributed by atoms with Crippen LogP contribution in [0.5, 0.6) is 0 Å². The molecule has 1 aromatic carbocycles. The van der Waals surface area contributed by atoms with Gasteiger partial charge in [0.1, 0.15) is 0 Å². The number of piperidine rings is 1. The Morgan fingerprint density at radius 1 is 1.00 bits per heavy atom. The van der Waals surface area contributed by atoms with Gasteiger partial charge in [0, 0.05) is 44.2 Å². The van der Waals surface area contributed by atoms with Gasteiger partial charge in [0.2, 0.25) is 10.0 Å². The van der Waals surface area contributed by atoms with Crippen molar-refractivity contribution in [1.29, 1.82) is 0 Å². The zero-order chi connectivity index (χ0) is 21.7. The third-order valence-corrected chi connectivity index (χ3v) is 8.14. The molecule has 0 bridgehead atoms. The van der Waals surface area contributed by atoms with E-state index >= 15 is 0 Å². The van der Waals surface area contributed by atoms with Crippen molar-refractivity contribution in [3.63, 3.8) is 0 Å². The zero-order valence-corrected chi connectivity index (χ0v) is 19.1. The Hall–Kier alpha value is -1.78. The second-order valence-electron chi connectivity index (χ2n) is 7.31. The number of piperazine rings is 1. The number of likely N-dealkylation sites (tertiary alicyclic amines) is 1. The van der Waals surface area contributed by atoms with Crippen molar-refractivity contribution in [1.82, 2.24) is 14.1 Å². The minimum absolute atomic E-state index is 0.108. The second-order valence-corrected chi connectivity index (χ2v) is 10.1. The first kappa shape index (κ1) is 22.9. The molecule has 0 N–H and O–H groups in total. The molecule has 8 nitrogen and oxygen atoms in total. The molecule has 2 aliphatic heterocycles. The van der Waals surface area contributed by atoms with E-state index in [0.29, 0.717) is 18.7 Å². The molecule has 2 amide bonds. The highest BCUT2D eigenvalue weighted by molar-refractivity contribution is 7.98. The predicted octanol–water partition coefficient (Wildman–Crippen LogP) is 2.50. The standard InChI is InChI=1S/C20H29N3O5S2/c1-3-28-20(25)22-11-13-23(14-12-22)30(26,27)16-7-8-18(29-2)17(15-16)19(24)21-9-5-4-6-10-21/h7-8,15H,3-6,9-14H2,1-2H3. The summed E-state index contributed by atoms with van der Waals surface area (Å²) in [7, 11) is -3.76. The highest BCUT2D eigenvalue weighted by atomic mass is 32.2. The SMILES string of the molecule is CCOC(=O)N1CCN(S(=O)(=O)c2ccc(SC)c(C(=O)N3CCCCC3)c2)CC1. The fourth-order valence-electron chi connectivity index (χ4n) is 3.76. The van der Waals surface area contributed by atoms with Crippen LogP contribution in [-0.4, -0.2) is 86.7 Å². The molecule has 30 heavy (non-hydrogen) atoms. The molecule has 0 unspecified atom stereocenters. The van der Waals surface area contributed by atoms with Gasteiger partial charge in [-0.15, -0.1) is 11.8 Å². The third kappa shape index (κ3) is 4.92. The summed E-state index contributed by atoms with van der Waals surface area (Å²) in [6.45, 7) is 4.38. The van der Waals surface area contributed by atoms with E-state index in [-0.39, 0.29) is 43.6 Å². The molecular weight excluding hydrogens is 426 g/mol. The number of hydrogen-bond acceptors (Lipinski definition) is 6. The van der Waals surface area contributed by atoms with Gasteiger partial charge in [-0.05, 0) is 50.6 Å². The van der Waals surface area contributed by atoms with Gasteiger partial charge in [0.15, 0.2) is 0 Å². The summed E-state index contributed by atoms with van der Waals surface area (Å²) in [5.74, 6) is -0.108. The molecular formula is C20H29N3O5S2. The molecule has 0 spiro atoms. The maximum Gasteiger partial charge on any atom is 0.409 e. The third-order valence-electron chi connectivity index (χ3n) is 5.45. The molecule has 2 aliphatic rings. The van der Waals surface area contributed by atoms with Gasteiger partial charge in [-0.25, -0.2) is 13.2 Å². The van der Waals surface area contributed by atoms with E-state index in [1.54, 1.807) is 19.1 Å². The van der Waals surface area contributed by atoms with Crippen LogP contribution in [0.3, 0.4) is 0 Å². The number of nitrogens with zero attached hydrogens (tertiary/aromatic N) is 3. The van der Waals surface area contributed by atoms with Crippen molar-refractivity contribution in [2.24, 2.45) is 0 Å². The molecule has 2 heterocycles. The number of hydrogen-bond donors (Lipinski definition) is 0. The molecule has 3 rings (SSSR count). The Bertz CT molecular complexity index is 876. The lowest BCUT2D eigenvalue weighted by Crippen LogP contribution is -2.50. The quantitative estimate of drug-likeness (QED) is 0.634. The summed E-state index contributed by atoms with van der Waals surface area (Å²) < 4.78 is 32.8. The summed E-state index contributed by atoms with van der Waals surface area (Å²) in [4.78, 5) is 29.1. The largest absolute Gasteiger partial charge is 0.450 e. The van der Waals surface area contributed by atoms with Crippen LogP contribution in [0.2, 0.25) is 0 Å². The van der Waals surface area contributed by atoms with Crippen molar-refractivity contribution < 1.29 is 22.7 Å². The Kier molecular flexibility index (Phi) is 7.65. The summed E-state index contributed by atoms with van der Waals surface area (Å²) in [6, 6.07) is 4.78. The summed E-state index contributed by atoms with van der Waals surface area (Å²) in [5, 5.41) is 0. The van der Waals surface area contributed by atoms with Crippen LogP contribution < -0.4 is 0 Å². The topological polar surface area (TPSA) is 87.2 Å².